The fourth-order valence-corrected chi connectivity index (χ4v) is 3.81. The molecule has 0 amide bonds. The first-order valence-electron chi connectivity index (χ1n) is 9.49. The summed E-state index contributed by atoms with van der Waals surface area (Å²) in [5, 5.41) is 9.21. The summed E-state index contributed by atoms with van der Waals surface area (Å²) in [4.78, 5) is 15.1. The second kappa shape index (κ2) is 8.94. The molecule has 0 aromatic heterocycles. The summed E-state index contributed by atoms with van der Waals surface area (Å²) < 4.78 is 10.9. The zero-order valence-corrected chi connectivity index (χ0v) is 17.3. The van der Waals surface area contributed by atoms with Gasteiger partial charge in [0.25, 0.3) is 0 Å². The lowest BCUT2D eigenvalue weighted by atomic mass is 9.80. The molecule has 27 heavy (non-hydrogen) atoms. The Morgan fingerprint density at radius 1 is 1.33 bits per heavy atom. The van der Waals surface area contributed by atoms with Crippen molar-refractivity contribution in [3.05, 3.63) is 35.4 Å². The van der Waals surface area contributed by atoms with Gasteiger partial charge in [0.05, 0.1) is 14.2 Å². The molecule has 0 spiro atoms. The highest BCUT2D eigenvalue weighted by Gasteiger charge is 2.30. The van der Waals surface area contributed by atoms with Crippen LogP contribution in [0.15, 0.2) is 24.3 Å². The van der Waals surface area contributed by atoms with Crippen LogP contribution in [0.5, 0.6) is 11.5 Å². The molecule has 148 valence electrons. The fourth-order valence-electron chi connectivity index (χ4n) is 3.81. The Balaban J connectivity index is 2.21. The minimum Gasteiger partial charge on any atom is -0.493 e. The van der Waals surface area contributed by atoms with Crippen molar-refractivity contribution in [3.63, 3.8) is 0 Å². The number of ether oxygens (including phenoxy) is 2. The maximum atomic E-state index is 12.9. The van der Waals surface area contributed by atoms with Crippen molar-refractivity contribution >= 4 is 13.8 Å². The maximum Gasteiger partial charge on any atom is 0.186 e. The molecule has 1 aliphatic rings. The second-order valence-electron chi connectivity index (χ2n) is 8.20. The first kappa shape index (κ1) is 21.5. The fraction of sp³-hybridized carbons (Fsp3) is 0.571. The van der Waals surface area contributed by atoms with Crippen LogP contribution in [0.2, 0.25) is 0 Å². The number of rotatable bonds is 9. The quantitative estimate of drug-likeness (QED) is 0.532. The summed E-state index contributed by atoms with van der Waals surface area (Å²) in [6.07, 6.45) is 2.57. The van der Waals surface area contributed by atoms with Crippen LogP contribution in [0.4, 0.5) is 0 Å². The molecule has 1 heterocycles. The molecule has 0 aliphatic carbocycles. The van der Waals surface area contributed by atoms with E-state index in [2.05, 4.69) is 33.2 Å². The van der Waals surface area contributed by atoms with Gasteiger partial charge in [-0.1, -0.05) is 20.4 Å². The van der Waals surface area contributed by atoms with Crippen molar-refractivity contribution in [2.75, 3.05) is 27.4 Å². The first-order chi connectivity index (χ1) is 12.7. The van der Waals surface area contributed by atoms with Crippen molar-refractivity contribution < 1.29 is 19.4 Å². The Morgan fingerprint density at radius 2 is 1.96 bits per heavy atom. The van der Waals surface area contributed by atoms with Crippen molar-refractivity contribution in [2.24, 2.45) is 5.41 Å². The molecule has 1 aromatic carbocycles. The van der Waals surface area contributed by atoms with E-state index in [-0.39, 0.29) is 23.8 Å². The van der Waals surface area contributed by atoms with Gasteiger partial charge in [-0.3, -0.25) is 4.79 Å². The predicted molar refractivity (Wildman–Crippen MR) is 110 cm³/mol. The van der Waals surface area contributed by atoms with E-state index in [1.54, 1.807) is 14.2 Å². The second-order valence-corrected chi connectivity index (χ2v) is 8.20. The average molecular weight is 373 g/mol. The molecule has 1 atom stereocenters. The van der Waals surface area contributed by atoms with Gasteiger partial charge in [0.2, 0.25) is 0 Å². The lowest BCUT2D eigenvalue weighted by Crippen LogP contribution is -2.35. The molecule has 0 unspecified atom stereocenters. The number of methoxy groups -OCH3 is 2. The van der Waals surface area contributed by atoms with Gasteiger partial charge in [-0.15, -0.1) is 0 Å². The van der Waals surface area contributed by atoms with Gasteiger partial charge in [0.1, 0.15) is 0 Å². The largest absolute Gasteiger partial charge is 0.493 e. The number of ketones is 1. The van der Waals surface area contributed by atoms with Crippen LogP contribution in [-0.2, 0) is 11.2 Å². The molecule has 0 radical (unpaired) electrons. The Kier molecular flexibility index (Phi) is 7.12. The Bertz CT molecular complexity index is 702. The van der Waals surface area contributed by atoms with Gasteiger partial charge in [0.15, 0.2) is 25.3 Å². The first-order valence-corrected chi connectivity index (χ1v) is 9.49. The molecule has 0 fully saturated rings. The van der Waals surface area contributed by atoms with E-state index in [0.717, 1.165) is 24.3 Å². The number of Topliss-reactive ketones (excluding diaryl/α,β-unsaturated/α-hetero) is 1. The van der Waals surface area contributed by atoms with E-state index < -0.39 is 0 Å². The van der Waals surface area contributed by atoms with E-state index in [0.29, 0.717) is 30.6 Å². The molecule has 2 rings (SSSR count). The van der Waals surface area contributed by atoms with Gasteiger partial charge < -0.3 is 19.4 Å². The van der Waals surface area contributed by atoms with Gasteiger partial charge in [-0.05, 0) is 60.1 Å². The number of fused-ring (bicyclic) bond motifs is 1. The van der Waals surface area contributed by atoms with E-state index in [9.17, 15) is 9.90 Å². The van der Waals surface area contributed by atoms with Crippen LogP contribution in [0, 0.1) is 5.41 Å². The highest BCUT2D eigenvalue weighted by atomic mass is 16.5. The molecular formula is C21H32BNO4. The number of carbonyl (C=O) groups is 1. The van der Waals surface area contributed by atoms with E-state index in [1.165, 1.54) is 5.56 Å². The summed E-state index contributed by atoms with van der Waals surface area (Å²) >= 11 is 0. The van der Waals surface area contributed by atoms with Gasteiger partial charge in [-0.2, -0.15) is 0 Å². The third kappa shape index (κ3) is 5.14. The molecule has 0 bridgehead atoms. The van der Waals surface area contributed by atoms with Gasteiger partial charge >= 0.3 is 0 Å². The Labute approximate surface area is 163 Å². The number of benzene rings is 1. The summed E-state index contributed by atoms with van der Waals surface area (Å²) in [6, 6.07) is 4.02. The molecule has 1 aliphatic heterocycles. The Hall–Kier alpha value is -1.79. The smallest absolute Gasteiger partial charge is 0.186 e. The lowest BCUT2D eigenvalue weighted by molar-refractivity contribution is -0.116. The SMILES string of the molecule is BN1CCc2cc(OC)c(OC)cc2[C@H]1CC(=O)C(=C)CC(C)(C)CCO. The summed E-state index contributed by atoms with van der Waals surface area (Å²) in [5.74, 6) is 1.49. The lowest BCUT2D eigenvalue weighted by Gasteiger charge is -2.36. The number of carbonyl (C=O) groups excluding carboxylic acids is 1. The van der Waals surface area contributed by atoms with Gasteiger partial charge in [0, 0.05) is 19.1 Å². The van der Waals surface area contributed by atoms with Crippen LogP contribution in [0.3, 0.4) is 0 Å². The van der Waals surface area contributed by atoms with Crippen LogP contribution in [0.25, 0.3) is 0 Å². The minimum atomic E-state index is -0.131. The summed E-state index contributed by atoms with van der Waals surface area (Å²) in [5.41, 5.74) is 2.83. The van der Waals surface area contributed by atoms with Crippen LogP contribution in [0.1, 0.15) is 50.3 Å². The molecule has 1 aromatic rings. The van der Waals surface area contributed by atoms with Crippen molar-refractivity contribution in [3.8, 4) is 11.5 Å². The number of allylic oxidation sites excluding steroid dienone is 1. The van der Waals surface area contributed by atoms with Crippen molar-refractivity contribution in [1.29, 1.82) is 0 Å². The molecule has 0 saturated carbocycles. The zero-order chi connectivity index (χ0) is 20.2. The van der Waals surface area contributed by atoms with Crippen LogP contribution < -0.4 is 9.47 Å². The van der Waals surface area contributed by atoms with Gasteiger partial charge in [-0.25, -0.2) is 0 Å². The molecule has 6 heteroatoms. The monoisotopic (exact) mass is 373 g/mol. The third-order valence-corrected chi connectivity index (χ3v) is 5.52. The summed E-state index contributed by atoms with van der Waals surface area (Å²) in [6.45, 7) is 9.16. The molecule has 5 nitrogen and oxygen atoms in total. The van der Waals surface area contributed by atoms with Crippen molar-refractivity contribution in [1.82, 2.24) is 4.81 Å². The van der Waals surface area contributed by atoms with E-state index in [1.807, 2.05) is 12.1 Å². The highest BCUT2D eigenvalue weighted by Crippen LogP contribution is 2.39. The number of nitrogens with zero attached hydrogens (tertiary/aromatic N) is 1. The van der Waals surface area contributed by atoms with E-state index >= 15 is 0 Å². The predicted octanol–water partition coefficient (Wildman–Crippen LogP) is 2.47. The highest BCUT2D eigenvalue weighted by molar-refractivity contribution is 6.05. The number of aliphatic hydroxyl groups excluding tert-OH is 1. The zero-order valence-electron chi connectivity index (χ0n) is 17.3. The van der Waals surface area contributed by atoms with Crippen LogP contribution in [-0.4, -0.2) is 51.1 Å². The third-order valence-electron chi connectivity index (χ3n) is 5.52. The molecule has 0 saturated heterocycles. The topological polar surface area (TPSA) is 59.0 Å². The summed E-state index contributed by atoms with van der Waals surface area (Å²) in [7, 11) is 5.32. The average Bonchev–Trinajstić information content (AvgIpc) is 2.62. The standard InChI is InChI=1S/C21H32BNO4/c1-14(13-21(2,3)7-9-24)18(25)12-17-16-11-20(27-5)19(26-4)10-15(16)6-8-23(17)22/h10-11,17,24H,1,6-9,12-13,22H2,2-5H3/t17-/m1/s1. The van der Waals surface area contributed by atoms with E-state index in [4.69, 9.17) is 9.47 Å². The Morgan fingerprint density at radius 3 is 2.56 bits per heavy atom. The molecular weight excluding hydrogens is 341 g/mol. The molecule has 1 N–H and O–H groups in total. The minimum absolute atomic E-state index is 0.00115. The number of hydrogen-bond donors (Lipinski definition) is 1. The van der Waals surface area contributed by atoms with Crippen LogP contribution >= 0.6 is 0 Å². The normalized spacial score (nSPS) is 17.3. The van der Waals surface area contributed by atoms with Crippen molar-refractivity contribution in [2.45, 2.75) is 45.6 Å². The number of aliphatic hydroxyl groups is 1. The number of hydrogen-bond acceptors (Lipinski definition) is 5. The maximum absolute atomic E-state index is 12.9.